The van der Waals surface area contributed by atoms with Gasteiger partial charge in [-0.3, -0.25) is 4.90 Å². The topological polar surface area (TPSA) is 60.1 Å². The van der Waals surface area contributed by atoms with Gasteiger partial charge < -0.3 is 15.2 Å². The van der Waals surface area contributed by atoms with E-state index < -0.39 is 11.9 Å². The minimum Gasteiger partial charge on any atom is -0.361 e. The predicted molar refractivity (Wildman–Crippen MR) is 113 cm³/mol. The van der Waals surface area contributed by atoms with Gasteiger partial charge in [-0.15, -0.1) is 0 Å². The summed E-state index contributed by atoms with van der Waals surface area (Å²) in [4.78, 5) is 15.5. The van der Waals surface area contributed by atoms with Crippen molar-refractivity contribution in [2.45, 2.75) is 31.1 Å². The normalized spacial score (nSPS) is 23.1. The molecule has 1 aliphatic carbocycles. The van der Waals surface area contributed by atoms with Gasteiger partial charge >= 0.3 is 6.18 Å². The van der Waals surface area contributed by atoms with E-state index in [2.05, 4.69) is 49.2 Å². The van der Waals surface area contributed by atoms with Crippen LogP contribution in [0.5, 0.6) is 0 Å². The van der Waals surface area contributed by atoms with E-state index in [1.807, 2.05) is 12.1 Å². The van der Waals surface area contributed by atoms with Crippen molar-refractivity contribution >= 4 is 16.9 Å². The third-order valence-electron chi connectivity index (χ3n) is 6.51. The molecule has 2 N–H and O–H groups in total. The highest BCUT2D eigenvalue weighted by Crippen LogP contribution is 2.38. The van der Waals surface area contributed by atoms with Crippen LogP contribution >= 0.6 is 0 Å². The fraction of sp³-hybridized carbons (Fsp3) is 0.455. The SMILES string of the molecule is CN1CCN([C@H]2CCc3ccccc3[C@@H]2Nc2ncnc3[nH]c(C(F)(F)F)cc23)CC1. The molecule has 2 atom stereocenters. The molecule has 0 radical (unpaired) electrons. The van der Waals surface area contributed by atoms with Crippen LogP contribution in [0, 0.1) is 0 Å². The number of nitrogens with one attached hydrogen (secondary N) is 2. The smallest absolute Gasteiger partial charge is 0.361 e. The Kier molecular flexibility index (Phi) is 5.10. The molecule has 9 heteroatoms. The van der Waals surface area contributed by atoms with E-state index in [-0.39, 0.29) is 17.7 Å². The number of likely N-dealkylation sites (N-methyl/N-ethyl adjacent to an activating group) is 1. The second kappa shape index (κ2) is 7.80. The van der Waals surface area contributed by atoms with E-state index in [0.717, 1.165) is 45.1 Å². The predicted octanol–water partition coefficient (Wildman–Crippen LogP) is 3.69. The molecule has 31 heavy (non-hydrogen) atoms. The van der Waals surface area contributed by atoms with Crippen LogP contribution in [0.3, 0.4) is 0 Å². The molecule has 0 spiro atoms. The molecule has 0 bridgehead atoms. The second-order valence-corrected chi connectivity index (χ2v) is 8.43. The highest BCUT2D eigenvalue weighted by atomic mass is 19.4. The number of alkyl halides is 3. The van der Waals surface area contributed by atoms with Crippen molar-refractivity contribution in [3.8, 4) is 0 Å². The number of aryl methyl sites for hydroxylation is 1. The Bertz CT molecular complexity index is 1070. The summed E-state index contributed by atoms with van der Waals surface area (Å²) >= 11 is 0. The summed E-state index contributed by atoms with van der Waals surface area (Å²) in [6, 6.07) is 9.59. The first-order chi connectivity index (χ1) is 14.9. The number of anilines is 1. The molecular weight excluding hydrogens is 405 g/mol. The lowest BCUT2D eigenvalue weighted by Crippen LogP contribution is -2.53. The van der Waals surface area contributed by atoms with Gasteiger partial charge in [-0.2, -0.15) is 13.2 Å². The average Bonchev–Trinajstić information content (AvgIpc) is 3.21. The van der Waals surface area contributed by atoms with Crippen molar-refractivity contribution in [2.24, 2.45) is 0 Å². The summed E-state index contributed by atoms with van der Waals surface area (Å²) in [5, 5.41) is 3.87. The molecule has 0 saturated carbocycles. The van der Waals surface area contributed by atoms with E-state index in [1.54, 1.807) is 0 Å². The van der Waals surface area contributed by atoms with Crippen LogP contribution in [0.25, 0.3) is 11.0 Å². The van der Waals surface area contributed by atoms with E-state index >= 15 is 0 Å². The molecule has 3 aromatic rings. The van der Waals surface area contributed by atoms with Crippen LogP contribution < -0.4 is 5.32 Å². The van der Waals surface area contributed by atoms with Gasteiger partial charge in [0, 0.05) is 32.2 Å². The number of hydrogen-bond acceptors (Lipinski definition) is 5. The second-order valence-electron chi connectivity index (χ2n) is 8.43. The number of piperazine rings is 1. The molecule has 0 amide bonds. The molecule has 1 aliphatic heterocycles. The van der Waals surface area contributed by atoms with Gasteiger partial charge in [0.05, 0.1) is 11.4 Å². The molecule has 1 saturated heterocycles. The third-order valence-corrected chi connectivity index (χ3v) is 6.51. The Morgan fingerprint density at radius 3 is 2.65 bits per heavy atom. The number of rotatable bonds is 3. The fourth-order valence-electron chi connectivity index (χ4n) is 4.82. The number of aromatic amines is 1. The monoisotopic (exact) mass is 430 g/mol. The van der Waals surface area contributed by atoms with Crippen molar-refractivity contribution in [2.75, 3.05) is 38.5 Å². The van der Waals surface area contributed by atoms with E-state index in [1.165, 1.54) is 17.5 Å². The molecule has 1 fully saturated rings. The van der Waals surface area contributed by atoms with Gasteiger partial charge in [0.25, 0.3) is 0 Å². The lowest BCUT2D eigenvalue weighted by atomic mass is 9.83. The number of H-pyrrole nitrogens is 1. The molecule has 2 aliphatic rings. The van der Waals surface area contributed by atoms with Crippen LogP contribution in [0.1, 0.15) is 29.3 Å². The Morgan fingerprint density at radius 2 is 1.87 bits per heavy atom. The summed E-state index contributed by atoms with van der Waals surface area (Å²) in [6.07, 6.45) is -1.17. The van der Waals surface area contributed by atoms with Crippen LogP contribution in [-0.2, 0) is 12.6 Å². The van der Waals surface area contributed by atoms with E-state index in [9.17, 15) is 13.2 Å². The minimum absolute atomic E-state index is 0.0595. The van der Waals surface area contributed by atoms with Crippen LogP contribution in [-0.4, -0.2) is 64.0 Å². The van der Waals surface area contributed by atoms with Crippen molar-refractivity contribution in [3.63, 3.8) is 0 Å². The average molecular weight is 430 g/mol. The van der Waals surface area contributed by atoms with Gasteiger partial charge in [-0.25, -0.2) is 9.97 Å². The molecular formula is C22H25F3N6. The number of aromatic nitrogens is 3. The van der Waals surface area contributed by atoms with Crippen molar-refractivity contribution in [3.05, 3.63) is 53.5 Å². The van der Waals surface area contributed by atoms with Crippen LogP contribution in [0.15, 0.2) is 36.7 Å². The summed E-state index contributed by atoms with van der Waals surface area (Å²) < 4.78 is 39.7. The first-order valence-electron chi connectivity index (χ1n) is 10.6. The molecule has 3 heterocycles. The van der Waals surface area contributed by atoms with Gasteiger partial charge in [-0.1, -0.05) is 24.3 Å². The Morgan fingerprint density at radius 1 is 1.10 bits per heavy atom. The molecule has 0 unspecified atom stereocenters. The van der Waals surface area contributed by atoms with Gasteiger partial charge in [0.1, 0.15) is 23.5 Å². The first-order valence-corrected chi connectivity index (χ1v) is 10.6. The molecule has 5 rings (SSSR count). The van der Waals surface area contributed by atoms with Crippen molar-refractivity contribution in [1.82, 2.24) is 24.8 Å². The van der Waals surface area contributed by atoms with E-state index in [0.29, 0.717) is 11.2 Å². The third kappa shape index (κ3) is 3.87. The minimum atomic E-state index is -4.46. The highest BCUT2D eigenvalue weighted by molar-refractivity contribution is 5.88. The Balaban J connectivity index is 1.52. The van der Waals surface area contributed by atoms with Gasteiger partial charge in [-0.05, 0) is 37.1 Å². The van der Waals surface area contributed by atoms with E-state index in [4.69, 9.17) is 0 Å². The highest BCUT2D eigenvalue weighted by Gasteiger charge is 2.36. The van der Waals surface area contributed by atoms with Crippen LogP contribution in [0.2, 0.25) is 0 Å². The Labute approximate surface area is 178 Å². The first kappa shape index (κ1) is 20.3. The van der Waals surface area contributed by atoms with Crippen molar-refractivity contribution in [1.29, 1.82) is 0 Å². The van der Waals surface area contributed by atoms with Gasteiger partial charge in [0.2, 0.25) is 0 Å². The number of hydrogen-bond donors (Lipinski definition) is 2. The lowest BCUT2D eigenvalue weighted by Gasteiger charge is -2.44. The fourth-order valence-corrected chi connectivity index (χ4v) is 4.82. The summed E-state index contributed by atoms with van der Waals surface area (Å²) in [5.41, 5.74) is 1.84. The number of halogens is 3. The zero-order chi connectivity index (χ0) is 21.6. The van der Waals surface area contributed by atoms with Crippen LogP contribution in [0.4, 0.5) is 19.0 Å². The largest absolute Gasteiger partial charge is 0.431 e. The summed E-state index contributed by atoms with van der Waals surface area (Å²) in [5.74, 6) is 0.428. The standard InChI is InChI=1S/C22H25F3N6/c1-30-8-10-31(11-9-30)17-7-6-14-4-2-3-5-15(14)19(17)29-21-16-12-18(22(23,24)25)28-20(16)26-13-27-21/h2-5,12-13,17,19H,6-11H2,1H3,(H2,26,27,28,29)/t17-,19-/m0/s1. The Hall–Kier alpha value is -2.65. The zero-order valence-electron chi connectivity index (χ0n) is 17.3. The molecule has 164 valence electrons. The maximum absolute atomic E-state index is 13.2. The maximum Gasteiger partial charge on any atom is 0.431 e. The quantitative estimate of drug-likeness (QED) is 0.664. The lowest BCUT2D eigenvalue weighted by molar-refractivity contribution is -0.140. The van der Waals surface area contributed by atoms with Crippen molar-refractivity contribution < 1.29 is 13.2 Å². The maximum atomic E-state index is 13.2. The molecule has 2 aromatic heterocycles. The molecule has 1 aromatic carbocycles. The number of benzene rings is 1. The summed E-state index contributed by atoms with van der Waals surface area (Å²) in [6.45, 7) is 3.97. The van der Waals surface area contributed by atoms with Gasteiger partial charge in [0.15, 0.2) is 0 Å². The number of fused-ring (bicyclic) bond motifs is 2. The molecule has 6 nitrogen and oxygen atoms in total. The summed E-state index contributed by atoms with van der Waals surface area (Å²) in [7, 11) is 2.13. The zero-order valence-corrected chi connectivity index (χ0v) is 17.3. The number of nitrogens with zero attached hydrogens (tertiary/aromatic N) is 4.